The summed E-state index contributed by atoms with van der Waals surface area (Å²) in [5, 5.41) is 26.8. The summed E-state index contributed by atoms with van der Waals surface area (Å²) in [5.74, 6) is -0.0689. The molecule has 2 saturated heterocycles. The summed E-state index contributed by atoms with van der Waals surface area (Å²) in [5.41, 5.74) is 1.03. The predicted octanol–water partition coefficient (Wildman–Crippen LogP) is 10.1. The second kappa shape index (κ2) is 25.5. The van der Waals surface area contributed by atoms with Crippen LogP contribution in [0.3, 0.4) is 0 Å². The average Bonchev–Trinajstić information content (AvgIpc) is 3.91. The largest absolute Gasteiger partial charge is 0.493 e. The third-order valence-corrected chi connectivity index (χ3v) is 19.6. The van der Waals surface area contributed by atoms with E-state index in [-0.39, 0.29) is 118 Å². The van der Waals surface area contributed by atoms with Gasteiger partial charge in [-0.1, -0.05) is 55.9 Å². The fraction of sp³-hybridized carbons (Fsp3) is 0.510. The van der Waals surface area contributed by atoms with E-state index in [2.05, 4.69) is 62.6 Å². The zero-order valence-electron chi connectivity index (χ0n) is 44.1. The standard InChI is InChI=1S/C51H70N6O14S2Si/c1-31-20-34(28-58)55(26-31)46(59)37-23-42(66-11)44(25-39(37)54-49(62)71-50(4,5)6)68-19-15-18-67-43-24-38(53-48(61)69-29-33(3)72-73-45-40(57(63)64)16-14-17-52-45)36(22-41(43)65-10)47(60)56-27-32(2)21-35(56)30-70-74(12,13)51(7,8)9/h14,16-17,22-25,33-35,58H,1-2,15,18-21,26-30H2,3-13H3,(H,53,61)(H,54,62)/t33-,34+,35+/m1/s1. The van der Waals surface area contributed by atoms with Crippen LogP contribution in [0.5, 0.6) is 23.0 Å². The highest BCUT2D eigenvalue weighted by Gasteiger charge is 2.41. The number of nitrogens with one attached hydrogen (secondary N) is 2. The number of methoxy groups -OCH3 is 2. The molecular formula is C51H70N6O14S2Si. The lowest BCUT2D eigenvalue weighted by molar-refractivity contribution is -0.388. The summed E-state index contributed by atoms with van der Waals surface area (Å²) in [6, 6.07) is 7.94. The Morgan fingerprint density at radius 1 is 0.865 bits per heavy atom. The van der Waals surface area contributed by atoms with E-state index in [1.165, 1.54) is 72.5 Å². The number of rotatable bonds is 22. The van der Waals surface area contributed by atoms with E-state index >= 15 is 0 Å². The van der Waals surface area contributed by atoms with Crippen molar-refractivity contribution in [3.8, 4) is 23.0 Å². The van der Waals surface area contributed by atoms with Crippen LogP contribution in [-0.2, 0) is 13.9 Å². The van der Waals surface area contributed by atoms with Gasteiger partial charge >= 0.3 is 17.9 Å². The molecule has 0 aliphatic carbocycles. The topological polar surface area (TPSA) is 240 Å². The van der Waals surface area contributed by atoms with Crippen molar-refractivity contribution in [3.63, 3.8) is 0 Å². The highest BCUT2D eigenvalue weighted by molar-refractivity contribution is 8.77. The lowest BCUT2D eigenvalue weighted by Gasteiger charge is -2.38. The van der Waals surface area contributed by atoms with Gasteiger partial charge in [0, 0.05) is 49.2 Å². The second-order valence-electron chi connectivity index (χ2n) is 20.4. The summed E-state index contributed by atoms with van der Waals surface area (Å²) in [6.07, 6.45) is 1.05. The molecule has 0 saturated carbocycles. The minimum atomic E-state index is -2.19. The molecule has 74 heavy (non-hydrogen) atoms. The summed E-state index contributed by atoms with van der Waals surface area (Å²) < 4.78 is 41.4. The predicted molar refractivity (Wildman–Crippen MR) is 288 cm³/mol. The Balaban J connectivity index is 1.36. The molecule has 0 spiro atoms. The molecule has 2 aromatic carbocycles. The Kier molecular flexibility index (Phi) is 20.3. The number of nitro groups is 1. The fourth-order valence-corrected chi connectivity index (χ4v) is 10.6. The zero-order valence-corrected chi connectivity index (χ0v) is 46.8. The minimum absolute atomic E-state index is 0.0521. The van der Waals surface area contributed by atoms with Gasteiger partial charge in [-0.2, -0.15) is 0 Å². The first-order valence-corrected chi connectivity index (χ1v) is 29.1. The summed E-state index contributed by atoms with van der Waals surface area (Å²) in [4.78, 5) is 73.5. The lowest BCUT2D eigenvalue weighted by atomic mass is 10.1. The number of pyridine rings is 1. The molecule has 0 radical (unpaired) electrons. The Bertz CT molecular complexity index is 2570. The molecule has 2 fully saturated rings. The molecule has 2 aliphatic rings. The molecular weight excluding hydrogens is 1010 g/mol. The van der Waals surface area contributed by atoms with E-state index < -0.39 is 48.9 Å². The van der Waals surface area contributed by atoms with Crippen LogP contribution in [0.15, 0.2) is 71.9 Å². The van der Waals surface area contributed by atoms with Gasteiger partial charge in [-0.05, 0) is 87.7 Å². The Morgan fingerprint density at radius 2 is 1.39 bits per heavy atom. The van der Waals surface area contributed by atoms with Crippen molar-refractivity contribution < 1.29 is 62.1 Å². The van der Waals surface area contributed by atoms with Crippen LogP contribution in [0.2, 0.25) is 18.1 Å². The first-order chi connectivity index (χ1) is 34.7. The third-order valence-electron chi connectivity index (χ3n) is 12.3. The van der Waals surface area contributed by atoms with Gasteiger partial charge < -0.3 is 47.8 Å². The maximum absolute atomic E-state index is 14.7. The number of aliphatic hydroxyl groups is 1. The number of likely N-dealkylation sites (tertiary alicyclic amines) is 2. The minimum Gasteiger partial charge on any atom is -0.493 e. The maximum atomic E-state index is 14.7. The first-order valence-electron chi connectivity index (χ1n) is 24.0. The monoisotopic (exact) mass is 1080 g/mol. The second-order valence-corrected chi connectivity index (χ2v) is 27.8. The van der Waals surface area contributed by atoms with Crippen LogP contribution < -0.4 is 29.6 Å². The van der Waals surface area contributed by atoms with E-state index in [0.29, 0.717) is 19.4 Å². The molecule has 4 amide bonds. The summed E-state index contributed by atoms with van der Waals surface area (Å²) in [7, 11) is 2.98. The van der Waals surface area contributed by atoms with Gasteiger partial charge in [0.15, 0.2) is 36.3 Å². The van der Waals surface area contributed by atoms with Gasteiger partial charge in [-0.15, -0.1) is 0 Å². The molecule has 0 unspecified atom stereocenters. The number of ether oxygens (including phenoxy) is 6. The molecule has 3 heterocycles. The number of aromatic nitrogens is 1. The number of amides is 4. The molecule has 3 atom stereocenters. The number of hydrogen-bond donors (Lipinski definition) is 3. The molecule has 23 heteroatoms. The van der Waals surface area contributed by atoms with Gasteiger partial charge in [-0.25, -0.2) is 14.6 Å². The van der Waals surface area contributed by atoms with Crippen molar-refractivity contribution in [2.75, 3.05) is 71.0 Å². The van der Waals surface area contributed by atoms with Crippen molar-refractivity contribution in [1.29, 1.82) is 0 Å². The van der Waals surface area contributed by atoms with Crippen molar-refractivity contribution in [3.05, 3.63) is 88.1 Å². The van der Waals surface area contributed by atoms with E-state index in [1.807, 2.05) is 0 Å². The van der Waals surface area contributed by atoms with Crippen molar-refractivity contribution in [2.24, 2.45) is 0 Å². The van der Waals surface area contributed by atoms with E-state index in [0.717, 1.165) is 21.9 Å². The molecule has 0 bridgehead atoms. The zero-order chi connectivity index (χ0) is 54.7. The van der Waals surface area contributed by atoms with Crippen LogP contribution in [0, 0.1) is 10.1 Å². The number of aliphatic hydroxyl groups excluding tert-OH is 1. The number of anilines is 2. The van der Waals surface area contributed by atoms with Gasteiger partial charge in [0.25, 0.3) is 11.8 Å². The van der Waals surface area contributed by atoms with Crippen LogP contribution in [-0.4, -0.2) is 140 Å². The highest BCUT2D eigenvalue weighted by Crippen LogP contribution is 2.41. The first kappa shape index (κ1) is 58.9. The summed E-state index contributed by atoms with van der Waals surface area (Å²) in [6.45, 7) is 26.4. The molecule has 1 aromatic heterocycles. The van der Waals surface area contributed by atoms with Gasteiger partial charge in [0.2, 0.25) is 0 Å². The fourth-order valence-electron chi connectivity index (χ4n) is 7.52. The maximum Gasteiger partial charge on any atom is 0.412 e. The van der Waals surface area contributed by atoms with Crippen molar-refractivity contribution >= 4 is 71.0 Å². The molecule has 3 aromatic rings. The van der Waals surface area contributed by atoms with Crippen LogP contribution in [0.25, 0.3) is 0 Å². The molecule has 5 rings (SSSR count). The third kappa shape index (κ3) is 15.8. The summed E-state index contributed by atoms with van der Waals surface area (Å²) >= 11 is 0. The average molecular weight is 1080 g/mol. The SMILES string of the molecule is C=C1C[C@@H](CO[Si](C)(C)C(C)(C)C)N(C(=O)c2cc(OC)c(OCCCOc3cc(NC(=O)OC(C)(C)C)c(C(=O)N4CC(=C)C[C@H]4CO)cc3OC)cc2NC(=O)OC[C@@H](C)SSc2ncccc2[N+](=O)[O-])C1. The molecule has 20 nitrogen and oxygen atoms in total. The van der Waals surface area contributed by atoms with Crippen LogP contribution in [0.1, 0.15) is 88.4 Å². The normalized spacial score (nSPS) is 16.4. The van der Waals surface area contributed by atoms with Crippen molar-refractivity contribution in [1.82, 2.24) is 14.8 Å². The molecule has 2 aliphatic heterocycles. The number of carbonyl (C=O) groups excluding carboxylic acids is 4. The smallest absolute Gasteiger partial charge is 0.412 e. The van der Waals surface area contributed by atoms with E-state index in [1.54, 1.807) is 32.6 Å². The number of benzene rings is 2. The molecule has 404 valence electrons. The van der Waals surface area contributed by atoms with Crippen LogP contribution >= 0.6 is 21.6 Å². The highest BCUT2D eigenvalue weighted by atomic mass is 33.1. The van der Waals surface area contributed by atoms with Gasteiger partial charge in [-0.3, -0.25) is 30.3 Å². The lowest BCUT2D eigenvalue weighted by Crippen LogP contribution is -2.46. The van der Waals surface area contributed by atoms with Gasteiger partial charge in [0.05, 0.1) is 80.2 Å². The van der Waals surface area contributed by atoms with Crippen molar-refractivity contribution in [2.45, 2.75) is 114 Å². The van der Waals surface area contributed by atoms with E-state index in [4.69, 9.17) is 32.8 Å². The number of hydrogen-bond acceptors (Lipinski definition) is 17. The van der Waals surface area contributed by atoms with E-state index in [9.17, 15) is 34.4 Å². The number of nitrogens with zero attached hydrogens (tertiary/aromatic N) is 4. The van der Waals surface area contributed by atoms with Gasteiger partial charge in [0.1, 0.15) is 12.2 Å². The quantitative estimate of drug-likeness (QED) is 0.0212. The number of carbonyl (C=O) groups is 4. The van der Waals surface area contributed by atoms with Crippen LogP contribution in [0.4, 0.5) is 26.7 Å². The Hall–Kier alpha value is -6.01. The Morgan fingerprint density at radius 3 is 1.89 bits per heavy atom. The Labute approximate surface area is 441 Å². The molecule has 3 N–H and O–H groups in total.